The van der Waals surface area contributed by atoms with E-state index < -0.39 is 35.7 Å². The fourth-order valence-electron chi connectivity index (χ4n) is 7.53. The molecular weight excluding hydrogens is 522 g/mol. The van der Waals surface area contributed by atoms with Crippen LogP contribution in [0.25, 0.3) is 10.8 Å². The number of phenols is 1. The zero-order valence-corrected chi connectivity index (χ0v) is 22.6. The summed E-state index contributed by atoms with van der Waals surface area (Å²) in [6.45, 7) is 3.92. The summed E-state index contributed by atoms with van der Waals surface area (Å²) in [5, 5.41) is 12.8. The molecule has 8 rings (SSSR count). The lowest BCUT2D eigenvalue weighted by Gasteiger charge is -2.50. The Morgan fingerprint density at radius 2 is 1.98 bits per heavy atom. The number of fused-ring (bicyclic) bond motifs is 8. The van der Waals surface area contributed by atoms with Crippen LogP contribution in [-0.4, -0.2) is 80.5 Å². The number of benzene rings is 2. The van der Waals surface area contributed by atoms with E-state index in [0.29, 0.717) is 85.4 Å². The SMILES string of the molecule is COc1c2c(c(O)c3c4c(c(C)cc13)[C@@H]1O[C@@]3(C5OCCCO5)O[C@@H]1[C@@](OCCCN)(O4)[C@@]31CO1)C(=O)CCC2. The highest BCUT2D eigenvalue weighted by Gasteiger charge is 2.93. The van der Waals surface area contributed by atoms with Gasteiger partial charge in [0.1, 0.15) is 23.4 Å². The Morgan fingerprint density at radius 3 is 2.70 bits per heavy atom. The maximum Gasteiger partial charge on any atom is 0.277 e. The van der Waals surface area contributed by atoms with Gasteiger partial charge in [-0.3, -0.25) is 4.79 Å². The van der Waals surface area contributed by atoms with E-state index in [1.54, 1.807) is 7.11 Å². The smallest absolute Gasteiger partial charge is 0.277 e. The lowest BCUT2D eigenvalue weighted by atomic mass is 9.78. The van der Waals surface area contributed by atoms with Crippen LogP contribution in [0.3, 0.4) is 0 Å². The summed E-state index contributed by atoms with van der Waals surface area (Å²) in [6.07, 6.45) is 0.887. The van der Waals surface area contributed by atoms with Crippen LogP contribution in [0.1, 0.15) is 58.8 Å². The molecule has 0 aromatic heterocycles. The molecule has 4 fully saturated rings. The van der Waals surface area contributed by atoms with Crippen molar-refractivity contribution in [3.63, 3.8) is 0 Å². The Labute approximate surface area is 230 Å². The zero-order chi connectivity index (χ0) is 27.4. The topological polar surface area (TPSA) is 140 Å². The number of methoxy groups -OCH3 is 1. The number of Topliss-reactive ketones (excluding diaryl/α,β-unsaturated/α-hetero) is 1. The van der Waals surface area contributed by atoms with Crippen LogP contribution in [0.2, 0.25) is 0 Å². The first kappa shape index (κ1) is 25.2. The molecule has 5 atom stereocenters. The quantitative estimate of drug-likeness (QED) is 0.401. The van der Waals surface area contributed by atoms with Gasteiger partial charge in [-0.05, 0) is 50.8 Å². The van der Waals surface area contributed by atoms with Crippen LogP contribution in [0.15, 0.2) is 6.07 Å². The largest absolute Gasteiger partial charge is 0.506 e. The number of carbonyl (C=O) groups is 1. The summed E-state index contributed by atoms with van der Waals surface area (Å²) in [4.78, 5) is 13.1. The van der Waals surface area contributed by atoms with Gasteiger partial charge in [0.2, 0.25) is 11.9 Å². The number of carbonyl (C=O) groups excluding carboxylic acids is 1. The summed E-state index contributed by atoms with van der Waals surface area (Å²) in [5.74, 6) is -2.12. The van der Waals surface area contributed by atoms with Crippen molar-refractivity contribution in [1.29, 1.82) is 0 Å². The Kier molecular flexibility index (Phi) is 5.37. The second-order valence-corrected chi connectivity index (χ2v) is 11.4. The number of ketones is 1. The van der Waals surface area contributed by atoms with E-state index in [1.165, 1.54) is 0 Å². The van der Waals surface area contributed by atoms with E-state index in [-0.39, 0.29) is 18.1 Å². The molecule has 1 aliphatic carbocycles. The molecule has 2 bridgehead atoms. The fraction of sp³-hybridized carbons (Fsp3) is 0.621. The molecule has 214 valence electrons. The second-order valence-electron chi connectivity index (χ2n) is 11.4. The van der Waals surface area contributed by atoms with Crippen LogP contribution in [0.4, 0.5) is 0 Å². The molecule has 40 heavy (non-hydrogen) atoms. The van der Waals surface area contributed by atoms with Gasteiger partial charge in [0, 0.05) is 22.9 Å². The molecule has 11 heteroatoms. The van der Waals surface area contributed by atoms with Gasteiger partial charge in [0.05, 0.1) is 44.5 Å². The average molecular weight is 556 g/mol. The summed E-state index contributed by atoms with van der Waals surface area (Å²) in [5.41, 5.74) is 7.24. The van der Waals surface area contributed by atoms with Crippen molar-refractivity contribution in [3.05, 3.63) is 28.3 Å². The van der Waals surface area contributed by atoms with Crippen LogP contribution in [0.5, 0.6) is 17.2 Å². The molecule has 0 saturated carbocycles. The van der Waals surface area contributed by atoms with E-state index in [1.807, 2.05) is 13.0 Å². The summed E-state index contributed by atoms with van der Waals surface area (Å²) >= 11 is 0. The Bertz CT molecular complexity index is 1430. The number of rotatable bonds is 6. The second kappa shape index (κ2) is 8.51. The molecule has 6 aliphatic rings. The van der Waals surface area contributed by atoms with E-state index in [0.717, 1.165) is 17.5 Å². The first-order valence-electron chi connectivity index (χ1n) is 14.1. The normalized spacial score (nSPS) is 35.6. The van der Waals surface area contributed by atoms with Gasteiger partial charge < -0.3 is 48.7 Å². The van der Waals surface area contributed by atoms with Crippen LogP contribution in [0, 0.1) is 6.92 Å². The minimum Gasteiger partial charge on any atom is -0.506 e. The van der Waals surface area contributed by atoms with E-state index in [9.17, 15) is 9.90 Å². The van der Waals surface area contributed by atoms with Crippen molar-refractivity contribution in [2.45, 2.75) is 74.7 Å². The molecule has 0 amide bonds. The predicted octanol–water partition coefficient (Wildman–Crippen LogP) is 2.53. The molecule has 5 heterocycles. The molecule has 3 N–H and O–H groups in total. The van der Waals surface area contributed by atoms with E-state index in [4.69, 9.17) is 43.6 Å². The maximum absolute atomic E-state index is 13.1. The van der Waals surface area contributed by atoms with Crippen LogP contribution < -0.4 is 15.2 Å². The lowest BCUT2D eigenvalue weighted by molar-refractivity contribution is -0.367. The molecule has 0 radical (unpaired) electrons. The zero-order valence-electron chi connectivity index (χ0n) is 22.6. The van der Waals surface area contributed by atoms with Crippen molar-refractivity contribution in [2.24, 2.45) is 5.73 Å². The van der Waals surface area contributed by atoms with Crippen molar-refractivity contribution < 1.29 is 47.8 Å². The Morgan fingerprint density at radius 1 is 1.18 bits per heavy atom. The van der Waals surface area contributed by atoms with Crippen molar-refractivity contribution in [3.8, 4) is 17.2 Å². The number of aryl methyl sites for hydroxylation is 1. The molecule has 5 aliphatic heterocycles. The number of ether oxygens (including phenoxy) is 8. The van der Waals surface area contributed by atoms with Gasteiger partial charge in [0.15, 0.2) is 11.9 Å². The van der Waals surface area contributed by atoms with Crippen molar-refractivity contribution in [2.75, 3.05) is 40.1 Å². The number of hydrogen-bond acceptors (Lipinski definition) is 11. The standard InChI is InChI=1S/C29H33NO10/c1-14-12-16-20(21(32)19-15(22(16)33-2)6-3-7-17(19)31)23-18(14)24-25-28(38-23,36-11-4-8-30)27(13-37-27)29(39-24,40-25)26-34-9-5-10-35-26/h12,24-26,32H,3-11,13,30H2,1-2H3/t24-,25-,27-,28+,29-/m0/s1. The first-order chi connectivity index (χ1) is 19.4. The Balaban J connectivity index is 1.38. The highest BCUT2D eigenvalue weighted by Crippen LogP contribution is 2.72. The summed E-state index contributed by atoms with van der Waals surface area (Å²) in [6, 6.07) is 1.96. The van der Waals surface area contributed by atoms with Gasteiger partial charge in [0.25, 0.3) is 11.6 Å². The Hall–Kier alpha value is -2.51. The molecule has 1 spiro atoms. The lowest BCUT2D eigenvalue weighted by Crippen LogP contribution is -2.70. The van der Waals surface area contributed by atoms with Gasteiger partial charge in [-0.25, -0.2) is 0 Å². The number of nitrogens with two attached hydrogens (primary N) is 1. The minimum absolute atomic E-state index is 0.114. The molecule has 4 saturated heterocycles. The van der Waals surface area contributed by atoms with Crippen molar-refractivity contribution in [1.82, 2.24) is 0 Å². The van der Waals surface area contributed by atoms with E-state index >= 15 is 0 Å². The monoisotopic (exact) mass is 555 g/mol. The highest BCUT2D eigenvalue weighted by atomic mass is 16.9. The number of epoxide rings is 1. The third-order valence-corrected chi connectivity index (χ3v) is 9.29. The summed E-state index contributed by atoms with van der Waals surface area (Å²) in [7, 11) is 1.58. The summed E-state index contributed by atoms with van der Waals surface area (Å²) < 4.78 is 51.1. The van der Waals surface area contributed by atoms with Gasteiger partial charge in [-0.1, -0.05) is 0 Å². The van der Waals surface area contributed by atoms with Gasteiger partial charge in [-0.15, -0.1) is 0 Å². The number of hydrogen-bond donors (Lipinski definition) is 2. The third kappa shape index (κ3) is 2.86. The molecule has 2 aromatic rings. The minimum atomic E-state index is -1.43. The predicted molar refractivity (Wildman–Crippen MR) is 138 cm³/mol. The van der Waals surface area contributed by atoms with Gasteiger partial charge >= 0.3 is 0 Å². The molecule has 11 nitrogen and oxygen atoms in total. The molecule has 2 aromatic carbocycles. The van der Waals surface area contributed by atoms with Gasteiger partial charge in [-0.2, -0.15) is 0 Å². The molecular formula is C29H33NO10. The first-order valence-corrected chi connectivity index (χ1v) is 14.1. The maximum atomic E-state index is 13.1. The number of aromatic hydroxyl groups is 1. The van der Waals surface area contributed by atoms with Crippen LogP contribution in [-0.2, 0) is 34.8 Å². The van der Waals surface area contributed by atoms with E-state index in [2.05, 4.69) is 0 Å². The average Bonchev–Trinajstić information content (AvgIpc) is 3.62. The van der Waals surface area contributed by atoms with Crippen molar-refractivity contribution >= 4 is 16.6 Å². The fourth-order valence-corrected chi connectivity index (χ4v) is 7.53. The molecule has 0 unspecified atom stereocenters. The van der Waals surface area contributed by atoms with Crippen LogP contribution >= 0.6 is 0 Å². The number of phenolic OH excluding ortho intramolecular Hbond substituents is 1. The third-order valence-electron chi connectivity index (χ3n) is 9.29. The highest BCUT2D eigenvalue weighted by molar-refractivity contribution is 6.11.